The van der Waals surface area contributed by atoms with Gasteiger partial charge >= 0.3 is 0 Å². The Hall–Kier alpha value is -1.85. The minimum atomic E-state index is -0.140. The molecule has 104 valence electrons. The summed E-state index contributed by atoms with van der Waals surface area (Å²) < 4.78 is 6.66. The third-order valence-electron chi connectivity index (χ3n) is 2.65. The molecule has 2 aromatic rings. The predicted molar refractivity (Wildman–Crippen MR) is 82.9 cm³/mol. The summed E-state index contributed by atoms with van der Waals surface area (Å²) in [6, 6.07) is 12.9. The van der Waals surface area contributed by atoms with Crippen LogP contribution in [0.5, 0.6) is 11.5 Å². The molecule has 5 heteroatoms. The fraction of sp³-hybridized carbons (Fsp3) is 0.133. The van der Waals surface area contributed by atoms with E-state index >= 15 is 0 Å². The van der Waals surface area contributed by atoms with Crippen LogP contribution in [-0.4, -0.2) is 5.91 Å². The van der Waals surface area contributed by atoms with E-state index in [9.17, 15) is 4.79 Å². The minimum absolute atomic E-state index is 0.140. The van der Waals surface area contributed by atoms with Gasteiger partial charge in [-0.3, -0.25) is 4.79 Å². The highest BCUT2D eigenvalue weighted by Gasteiger charge is 2.08. The second kappa shape index (κ2) is 6.54. The number of anilines is 1. The third-order valence-corrected chi connectivity index (χ3v) is 3.27. The smallest absolute Gasteiger partial charge is 0.221 e. The summed E-state index contributed by atoms with van der Waals surface area (Å²) in [7, 11) is 0. The molecule has 0 aliphatic heterocycles. The van der Waals surface area contributed by atoms with Crippen LogP contribution in [0.25, 0.3) is 0 Å². The Kier molecular flexibility index (Phi) is 4.76. The normalized spacial score (nSPS) is 10.2. The van der Waals surface area contributed by atoms with Crippen LogP contribution >= 0.6 is 15.9 Å². The second-order valence-electron chi connectivity index (χ2n) is 4.25. The van der Waals surface area contributed by atoms with Crippen LogP contribution in [0.4, 0.5) is 5.69 Å². The van der Waals surface area contributed by atoms with E-state index in [1.54, 1.807) is 12.1 Å². The van der Waals surface area contributed by atoms with Crippen LogP contribution in [0, 0.1) is 0 Å². The van der Waals surface area contributed by atoms with Crippen molar-refractivity contribution in [2.24, 2.45) is 5.73 Å². The van der Waals surface area contributed by atoms with Crippen molar-refractivity contribution in [2.45, 2.75) is 13.5 Å². The molecule has 0 aliphatic rings. The van der Waals surface area contributed by atoms with Gasteiger partial charge < -0.3 is 15.8 Å². The van der Waals surface area contributed by atoms with Gasteiger partial charge in [0, 0.05) is 13.5 Å². The number of hydrogen-bond acceptors (Lipinski definition) is 3. The SMILES string of the molecule is CC(=O)Nc1ccccc1Oc1ccc(CN)cc1Br. The van der Waals surface area contributed by atoms with Gasteiger partial charge in [0.15, 0.2) is 5.75 Å². The molecule has 0 heterocycles. The van der Waals surface area contributed by atoms with Gasteiger partial charge in [0.1, 0.15) is 5.75 Å². The van der Waals surface area contributed by atoms with Crippen LogP contribution in [0.15, 0.2) is 46.9 Å². The van der Waals surface area contributed by atoms with E-state index in [1.807, 2.05) is 30.3 Å². The van der Waals surface area contributed by atoms with Crippen molar-refractivity contribution in [3.8, 4) is 11.5 Å². The second-order valence-corrected chi connectivity index (χ2v) is 5.10. The summed E-state index contributed by atoms with van der Waals surface area (Å²) in [6.07, 6.45) is 0. The van der Waals surface area contributed by atoms with E-state index in [0.717, 1.165) is 10.0 Å². The van der Waals surface area contributed by atoms with Gasteiger partial charge in [0.2, 0.25) is 5.91 Å². The van der Waals surface area contributed by atoms with Gasteiger partial charge in [0.05, 0.1) is 10.2 Å². The summed E-state index contributed by atoms with van der Waals surface area (Å²) in [4.78, 5) is 11.2. The summed E-state index contributed by atoms with van der Waals surface area (Å²) in [5.41, 5.74) is 7.24. The number of nitrogens with two attached hydrogens (primary N) is 1. The lowest BCUT2D eigenvalue weighted by Gasteiger charge is -2.13. The first-order valence-electron chi connectivity index (χ1n) is 6.13. The fourth-order valence-corrected chi connectivity index (χ4v) is 2.23. The number of rotatable bonds is 4. The number of nitrogens with one attached hydrogen (secondary N) is 1. The Labute approximate surface area is 126 Å². The van der Waals surface area contributed by atoms with Gasteiger partial charge in [-0.25, -0.2) is 0 Å². The van der Waals surface area contributed by atoms with Crippen molar-refractivity contribution in [3.05, 3.63) is 52.5 Å². The molecule has 0 unspecified atom stereocenters. The zero-order chi connectivity index (χ0) is 14.5. The Morgan fingerprint density at radius 3 is 2.65 bits per heavy atom. The lowest BCUT2D eigenvalue weighted by atomic mass is 10.2. The third kappa shape index (κ3) is 3.59. The Morgan fingerprint density at radius 2 is 2.00 bits per heavy atom. The number of ether oxygens (including phenoxy) is 1. The molecule has 2 rings (SSSR count). The Balaban J connectivity index is 2.28. The molecule has 3 N–H and O–H groups in total. The number of hydrogen-bond donors (Lipinski definition) is 2. The minimum Gasteiger partial charge on any atom is -0.454 e. The molecule has 0 radical (unpaired) electrons. The van der Waals surface area contributed by atoms with Crippen molar-refractivity contribution in [1.82, 2.24) is 0 Å². The fourth-order valence-electron chi connectivity index (χ4n) is 1.72. The molecule has 0 atom stereocenters. The highest BCUT2D eigenvalue weighted by molar-refractivity contribution is 9.10. The van der Waals surface area contributed by atoms with Crippen LogP contribution in [-0.2, 0) is 11.3 Å². The van der Waals surface area contributed by atoms with Crippen LogP contribution in [0.2, 0.25) is 0 Å². The number of carbonyl (C=O) groups excluding carboxylic acids is 1. The highest BCUT2D eigenvalue weighted by atomic mass is 79.9. The van der Waals surface area contributed by atoms with Crippen molar-refractivity contribution in [2.75, 3.05) is 5.32 Å². The summed E-state index contributed by atoms with van der Waals surface area (Å²) in [6.45, 7) is 1.93. The zero-order valence-electron chi connectivity index (χ0n) is 11.0. The Morgan fingerprint density at radius 1 is 1.25 bits per heavy atom. The first kappa shape index (κ1) is 14.6. The average Bonchev–Trinajstić information content (AvgIpc) is 2.42. The molecule has 0 fully saturated rings. The molecule has 20 heavy (non-hydrogen) atoms. The largest absolute Gasteiger partial charge is 0.454 e. The number of amides is 1. The summed E-state index contributed by atoms with van der Waals surface area (Å²) in [5, 5.41) is 2.74. The standard InChI is InChI=1S/C15H15BrN2O2/c1-10(19)18-13-4-2-3-5-15(13)20-14-7-6-11(9-17)8-12(14)16/h2-8H,9,17H2,1H3,(H,18,19). The summed E-state index contributed by atoms with van der Waals surface area (Å²) >= 11 is 3.45. The van der Waals surface area contributed by atoms with E-state index in [1.165, 1.54) is 6.92 Å². The Bertz CT molecular complexity index is 629. The van der Waals surface area contributed by atoms with Crippen LogP contribution in [0.1, 0.15) is 12.5 Å². The van der Waals surface area contributed by atoms with Crippen molar-refractivity contribution in [3.63, 3.8) is 0 Å². The van der Waals surface area contributed by atoms with Crippen molar-refractivity contribution < 1.29 is 9.53 Å². The van der Waals surface area contributed by atoms with E-state index in [4.69, 9.17) is 10.5 Å². The molecule has 0 saturated heterocycles. The number of carbonyl (C=O) groups is 1. The zero-order valence-corrected chi connectivity index (χ0v) is 12.6. The highest BCUT2D eigenvalue weighted by Crippen LogP contribution is 2.34. The molecular formula is C15H15BrN2O2. The average molecular weight is 335 g/mol. The van der Waals surface area contributed by atoms with Crippen LogP contribution in [0.3, 0.4) is 0 Å². The molecule has 0 bridgehead atoms. The predicted octanol–water partition coefficient (Wildman–Crippen LogP) is 3.66. The topological polar surface area (TPSA) is 64.3 Å². The van der Waals surface area contributed by atoms with Gasteiger partial charge in [0.25, 0.3) is 0 Å². The molecule has 0 aromatic heterocycles. The summed E-state index contributed by atoms with van der Waals surface area (Å²) in [5.74, 6) is 1.11. The monoisotopic (exact) mass is 334 g/mol. The number of halogens is 1. The van der Waals surface area contributed by atoms with Crippen LogP contribution < -0.4 is 15.8 Å². The first-order chi connectivity index (χ1) is 9.60. The van der Waals surface area contributed by atoms with Gasteiger partial charge in [-0.15, -0.1) is 0 Å². The van der Waals surface area contributed by atoms with E-state index < -0.39 is 0 Å². The first-order valence-corrected chi connectivity index (χ1v) is 6.92. The quantitative estimate of drug-likeness (QED) is 0.896. The van der Waals surface area contributed by atoms with E-state index in [2.05, 4.69) is 21.2 Å². The molecular weight excluding hydrogens is 320 g/mol. The molecule has 2 aromatic carbocycles. The maximum Gasteiger partial charge on any atom is 0.221 e. The maximum atomic E-state index is 11.2. The van der Waals surface area contributed by atoms with E-state index in [0.29, 0.717) is 23.7 Å². The molecule has 1 amide bonds. The van der Waals surface area contributed by atoms with Gasteiger partial charge in [-0.2, -0.15) is 0 Å². The van der Waals surface area contributed by atoms with Crippen molar-refractivity contribution in [1.29, 1.82) is 0 Å². The molecule has 0 aliphatic carbocycles. The number of benzene rings is 2. The van der Waals surface area contributed by atoms with E-state index in [-0.39, 0.29) is 5.91 Å². The molecule has 0 spiro atoms. The molecule has 4 nitrogen and oxygen atoms in total. The van der Waals surface area contributed by atoms with Crippen molar-refractivity contribution >= 4 is 27.5 Å². The van der Waals surface area contributed by atoms with Gasteiger partial charge in [-0.1, -0.05) is 18.2 Å². The lowest BCUT2D eigenvalue weighted by molar-refractivity contribution is -0.114. The van der Waals surface area contributed by atoms with Gasteiger partial charge in [-0.05, 0) is 45.8 Å². The lowest BCUT2D eigenvalue weighted by Crippen LogP contribution is -2.06. The molecule has 0 saturated carbocycles. The maximum absolute atomic E-state index is 11.2. The number of para-hydroxylation sites is 2.